The third kappa shape index (κ3) is 4.79. The molecule has 2 heterocycles. The maximum Gasteiger partial charge on any atom is 0.338 e. The van der Waals surface area contributed by atoms with Gasteiger partial charge in [-0.25, -0.2) is 9.79 Å². The summed E-state index contributed by atoms with van der Waals surface area (Å²) in [5, 5.41) is 0. The number of nitrogens with zero attached hydrogens (tertiary/aromatic N) is 2. The molecule has 4 rings (SSSR count). The first-order valence-corrected chi connectivity index (χ1v) is 12.3. The highest BCUT2D eigenvalue weighted by molar-refractivity contribution is 7.07. The predicted octanol–water partition coefficient (Wildman–Crippen LogP) is 3.60. The molecule has 35 heavy (non-hydrogen) atoms. The molecular weight excluding hydrogens is 464 g/mol. The van der Waals surface area contributed by atoms with E-state index < -0.39 is 12.0 Å². The molecular formula is C27H28N2O5S. The number of allylic oxidation sites excluding steroid dienone is 1. The van der Waals surface area contributed by atoms with E-state index in [-0.39, 0.29) is 5.56 Å². The minimum absolute atomic E-state index is 0.218. The molecule has 3 aromatic rings. The van der Waals surface area contributed by atoms with Crippen molar-refractivity contribution < 1.29 is 19.0 Å². The van der Waals surface area contributed by atoms with E-state index in [1.165, 1.54) is 18.4 Å². The van der Waals surface area contributed by atoms with E-state index >= 15 is 0 Å². The van der Waals surface area contributed by atoms with Gasteiger partial charge in [-0.15, -0.1) is 0 Å². The lowest BCUT2D eigenvalue weighted by Gasteiger charge is -2.25. The molecule has 0 saturated heterocycles. The maximum absolute atomic E-state index is 13.7. The molecule has 1 aliphatic heterocycles. The highest BCUT2D eigenvalue weighted by Crippen LogP contribution is 2.32. The molecule has 0 unspecified atom stereocenters. The smallest absolute Gasteiger partial charge is 0.338 e. The molecule has 0 N–H and O–H groups in total. The summed E-state index contributed by atoms with van der Waals surface area (Å²) in [6.07, 6.45) is 3.24. The molecule has 1 aromatic heterocycles. The molecule has 0 aliphatic carbocycles. The van der Waals surface area contributed by atoms with Gasteiger partial charge in [0.25, 0.3) is 5.56 Å². The Bertz CT molecular complexity index is 1440. The van der Waals surface area contributed by atoms with Gasteiger partial charge in [0.2, 0.25) is 0 Å². The molecule has 182 valence electrons. The van der Waals surface area contributed by atoms with Gasteiger partial charge in [-0.1, -0.05) is 61.6 Å². The first-order chi connectivity index (χ1) is 17.0. The molecule has 8 heteroatoms. The summed E-state index contributed by atoms with van der Waals surface area (Å²) in [6.45, 7) is 4.57. The van der Waals surface area contributed by atoms with Gasteiger partial charge in [-0.3, -0.25) is 9.36 Å². The number of carbonyl (C=O) groups is 1. The third-order valence-corrected chi connectivity index (χ3v) is 6.70. The lowest BCUT2D eigenvalue weighted by atomic mass is 9.95. The van der Waals surface area contributed by atoms with Crippen LogP contribution in [-0.2, 0) is 9.53 Å². The van der Waals surface area contributed by atoms with Gasteiger partial charge in [-0.05, 0) is 42.2 Å². The number of benzene rings is 2. The molecule has 0 amide bonds. The van der Waals surface area contributed by atoms with Crippen molar-refractivity contribution in [2.75, 3.05) is 20.8 Å². The lowest BCUT2D eigenvalue weighted by Crippen LogP contribution is -2.40. The van der Waals surface area contributed by atoms with E-state index in [1.54, 1.807) is 11.7 Å². The van der Waals surface area contributed by atoms with Crippen molar-refractivity contribution in [2.45, 2.75) is 32.7 Å². The second-order valence-electron chi connectivity index (χ2n) is 7.96. The largest absolute Gasteiger partial charge is 0.493 e. The average Bonchev–Trinajstić information content (AvgIpc) is 3.20. The van der Waals surface area contributed by atoms with Crippen LogP contribution in [0.1, 0.15) is 43.9 Å². The van der Waals surface area contributed by atoms with Gasteiger partial charge in [0.05, 0.1) is 42.7 Å². The van der Waals surface area contributed by atoms with Crippen molar-refractivity contribution in [3.8, 4) is 11.5 Å². The zero-order valence-corrected chi connectivity index (χ0v) is 21.1. The van der Waals surface area contributed by atoms with Crippen LogP contribution >= 0.6 is 11.3 Å². The highest BCUT2D eigenvalue weighted by atomic mass is 32.1. The zero-order chi connectivity index (χ0) is 24.9. The quantitative estimate of drug-likeness (QED) is 0.449. The van der Waals surface area contributed by atoms with Crippen LogP contribution in [0.5, 0.6) is 11.5 Å². The molecule has 0 fully saturated rings. The van der Waals surface area contributed by atoms with Crippen LogP contribution in [0.25, 0.3) is 6.08 Å². The second-order valence-corrected chi connectivity index (χ2v) is 8.97. The number of fused-ring (bicyclic) bond motifs is 1. The Morgan fingerprint density at radius 3 is 2.54 bits per heavy atom. The molecule has 1 atom stereocenters. The van der Waals surface area contributed by atoms with Crippen molar-refractivity contribution in [3.05, 3.63) is 90.6 Å². The number of hydrogen-bond donors (Lipinski definition) is 0. The molecule has 0 bridgehead atoms. The normalized spacial score (nSPS) is 15.4. The molecule has 7 nitrogen and oxygen atoms in total. The van der Waals surface area contributed by atoms with Crippen molar-refractivity contribution in [2.24, 2.45) is 4.99 Å². The standard InChI is InChI=1S/C27H28N2O5S/c1-5-14-34-20-13-12-17(15-21(20)32-3)16-22-25(30)29-24(18-10-8-7-9-11-18)23(26(31)33-4)19(6-2)28-27(29)35-22/h7-13,15-16,24H,5-6,14H2,1-4H3/b22-16-/t24-/m1/s1. The number of rotatable bonds is 8. The number of ether oxygens (including phenoxy) is 3. The average molecular weight is 493 g/mol. The van der Waals surface area contributed by atoms with Crippen molar-refractivity contribution in [1.29, 1.82) is 0 Å². The van der Waals surface area contributed by atoms with Gasteiger partial charge >= 0.3 is 5.97 Å². The predicted molar refractivity (Wildman–Crippen MR) is 136 cm³/mol. The Kier molecular flexibility index (Phi) is 7.51. The fourth-order valence-electron chi connectivity index (χ4n) is 4.07. The molecule has 0 radical (unpaired) electrons. The first kappa shape index (κ1) is 24.5. The lowest BCUT2D eigenvalue weighted by molar-refractivity contribution is -0.136. The molecule has 0 spiro atoms. The van der Waals surface area contributed by atoms with E-state index in [0.29, 0.717) is 45.1 Å². The van der Waals surface area contributed by atoms with Crippen LogP contribution in [0.4, 0.5) is 0 Å². The summed E-state index contributed by atoms with van der Waals surface area (Å²) in [5.74, 6) is 0.775. The first-order valence-electron chi connectivity index (χ1n) is 11.5. The number of carbonyl (C=O) groups excluding carboxylic acids is 1. The second kappa shape index (κ2) is 10.7. The summed E-state index contributed by atoms with van der Waals surface area (Å²) in [4.78, 5) is 31.7. The summed E-state index contributed by atoms with van der Waals surface area (Å²) < 4.78 is 18.4. The van der Waals surface area contributed by atoms with E-state index in [1.807, 2.05) is 68.5 Å². The third-order valence-electron chi connectivity index (χ3n) is 5.71. The van der Waals surface area contributed by atoms with Gasteiger partial charge in [-0.2, -0.15) is 0 Å². The zero-order valence-electron chi connectivity index (χ0n) is 20.2. The highest BCUT2D eigenvalue weighted by Gasteiger charge is 2.33. The topological polar surface area (TPSA) is 79.1 Å². The number of thiazole rings is 1. The van der Waals surface area contributed by atoms with Gasteiger partial charge in [0, 0.05) is 0 Å². The van der Waals surface area contributed by atoms with Gasteiger partial charge < -0.3 is 14.2 Å². The van der Waals surface area contributed by atoms with Crippen LogP contribution in [0, 0.1) is 0 Å². The molecule has 0 saturated carbocycles. The Hall–Kier alpha value is -3.65. The monoisotopic (exact) mass is 492 g/mol. The Balaban J connectivity index is 1.89. The fourth-order valence-corrected chi connectivity index (χ4v) is 5.09. The van der Waals surface area contributed by atoms with Crippen molar-refractivity contribution in [1.82, 2.24) is 4.57 Å². The van der Waals surface area contributed by atoms with E-state index in [0.717, 1.165) is 17.5 Å². The minimum Gasteiger partial charge on any atom is -0.493 e. The number of aromatic nitrogens is 1. The van der Waals surface area contributed by atoms with E-state index in [2.05, 4.69) is 0 Å². The molecule has 2 aromatic carbocycles. The maximum atomic E-state index is 13.7. The van der Waals surface area contributed by atoms with E-state index in [9.17, 15) is 9.59 Å². The van der Waals surface area contributed by atoms with Gasteiger partial charge in [0.15, 0.2) is 16.3 Å². The Morgan fingerprint density at radius 1 is 1.11 bits per heavy atom. The SMILES string of the molecule is CCCOc1ccc(/C=c2\sc3n(c2=O)[C@H](c2ccccc2)C(C(=O)OC)=C(CC)N=3)cc1OC. The van der Waals surface area contributed by atoms with Crippen LogP contribution in [0.2, 0.25) is 0 Å². The Morgan fingerprint density at radius 2 is 1.89 bits per heavy atom. The van der Waals surface area contributed by atoms with Gasteiger partial charge in [0.1, 0.15) is 0 Å². The Labute approximate surface area is 207 Å². The number of hydrogen-bond acceptors (Lipinski definition) is 7. The fraction of sp³-hybridized carbons (Fsp3) is 0.296. The van der Waals surface area contributed by atoms with E-state index in [4.69, 9.17) is 19.2 Å². The summed E-state index contributed by atoms with van der Waals surface area (Å²) >= 11 is 1.30. The van der Waals surface area contributed by atoms with Crippen LogP contribution in [-0.4, -0.2) is 31.4 Å². The minimum atomic E-state index is -0.614. The molecule has 1 aliphatic rings. The van der Waals surface area contributed by atoms with Crippen molar-refractivity contribution in [3.63, 3.8) is 0 Å². The van der Waals surface area contributed by atoms with Crippen LogP contribution in [0.3, 0.4) is 0 Å². The summed E-state index contributed by atoms with van der Waals surface area (Å²) in [6, 6.07) is 14.4. The van der Waals surface area contributed by atoms with Crippen LogP contribution in [0.15, 0.2) is 69.6 Å². The van der Waals surface area contributed by atoms with Crippen LogP contribution < -0.4 is 24.4 Å². The summed E-state index contributed by atoms with van der Waals surface area (Å²) in [5.41, 5.74) is 2.41. The number of methoxy groups -OCH3 is 2. The number of esters is 1. The van der Waals surface area contributed by atoms with Crippen molar-refractivity contribution >= 4 is 23.4 Å². The summed E-state index contributed by atoms with van der Waals surface area (Å²) in [7, 11) is 2.93.